The van der Waals surface area contributed by atoms with Gasteiger partial charge in [-0.3, -0.25) is 4.79 Å². The van der Waals surface area contributed by atoms with Gasteiger partial charge in [-0.05, 0) is 19.1 Å². The molecule has 0 saturated heterocycles. The van der Waals surface area contributed by atoms with Gasteiger partial charge >= 0.3 is 6.01 Å². The summed E-state index contributed by atoms with van der Waals surface area (Å²) in [6.07, 6.45) is 1.50. The first-order valence-electron chi connectivity index (χ1n) is 7.07. The molecule has 0 fully saturated rings. The Labute approximate surface area is 135 Å². The Bertz CT molecular complexity index is 672. The smallest absolute Gasteiger partial charge is 0.318 e. The maximum atomic E-state index is 12.0. The topological polar surface area (TPSA) is 76.6 Å². The molecule has 0 radical (unpaired) electrons. The normalized spacial score (nSPS) is 10.1. The van der Waals surface area contributed by atoms with Gasteiger partial charge < -0.3 is 19.7 Å². The van der Waals surface area contributed by atoms with Crippen LogP contribution in [0, 0.1) is 6.92 Å². The molecule has 0 aliphatic rings. The minimum Gasteiger partial charge on any atom is -0.484 e. The van der Waals surface area contributed by atoms with E-state index in [1.54, 1.807) is 4.90 Å². The summed E-state index contributed by atoms with van der Waals surface area (Å²) in [6.45, 7) is 1.89. The number of ether oxygens (including phenoxy) is 2. The first kappa shape index (κ1) is 16.5. The van der Waals surface area contributed by atoms with Crippen LogP contribution in [0.3, 0.4) is 0 Å². The summed E-state index contributed by atoms with van der Waals surface area (Å²) in [5, 5.41) is 2.74. The van der Waals surface area contributed by atoms with Gasteiger partial charge in [0, 0.05) is 14.1 Å². The van der Waals surface area contributed by atoms with Gasteiger partial charge in [-0.15, -0.1) is 0 Å². The van der Waals surface area contributed by atoms with Crippen molar-refractivity contribution in [2.75, 3.05) is 38.0 Å². The van der Waals surface area contributed by atoms with Gasteiger partial charge in [-0.25, -0.2) is 4.98 Å². The van der Waals surface area contributed by atoms with Crippen molar-refractivity contribution in [3.63, 3.8) is 0 Å². The van der Waals surface area contributed by atoms with E-state index in [1.165, 1.54) is 13.3 Å². The number of benzene rings is 1. The monoisotopic (exact) mass is 316 g/mol. The number of nitrogens with zero attached hydrogens (tertiary/aromatic N) is 3. The number of hydrogen-bond acceptors (Lipinski definition) is 6. The second kappa shape index (κ2) is 7.44. The Morgan fingerprint density at radius 3 is 2.57 bits per heavy atom. The molecule has 1 heterocycles. The molecule has 0 bridgehead atoms. The van der Waals surface area contributed by atoms with Crippen LogP contribution in [-0.2, 0) is 4.79 Å². The van der Waals surface area contributed by atoms with E-state index in [4.69, 9.17) is 9.47 Å². The van der Waals surface area contributed by atoms with Gasteiger partial charge in [0.2, 0.25) is 0 Å². The summed E-state index contributed by atoms with van der Waals surface area (Å²) >= 11 is 0. The summed E-state index contributed by atoms with van der Waals surface area (Å²) in [4.78, 5) is 22.0. The number of carbonyl (C=O) groups is 1. The predicted molar refractivity (Wildman–Crippen MR) is 88.2 cm³/mol. The highest BCUT2D eigenvalue weighted by Crippen LogP contribution is 2.22. The number of hydrogen-bond donors (Lipinski definition) is 1. The molecule has 0 atom stereocenters. The molecule has 1 amide bonds. The molecule has 0 aliphatic carbocycles. The third kappa shape index (κ3) is 4.57. The van der Waals surface area contributed by atoms with E-state index >= 15 is 0 Å². The van der Waals surface area contributed by atoms with E-state index in [0.29, 0.717) is 17.3 Å². The molecule has 0 spiro atoms. The van der Waals surface area contributed by atoms with Gasteiger partial charge in [0.15, 0.2) is 12.4 Å². The molecular formula is C16H20N4O3. The van der Waals surface area contributed by atoms with E-state index in [-0.39, 0.29) is 18.5 Å². The number of anilines is 2. The quantitative estimate of drug-likeness (QED) is 0.877. The predicted octanol–water partition coefficient (Wildman–Crippen LogP) is 1.88. The van der Waals surface area contributed by atoms with Gasteiger partial charge in [-0.2, -0.15) is 4.98 Å². The maximum absolute atomic E-state index is 12.0. The van der Waals surface area contributed by atoms with E-state index in [9.17, 15) is 4.79 Å². The van der Waals surface area contributed by atoms with Crippen molar-refractivity contribution >= 4 is 17.4 Å². The Morgan fingerprint density at radius 1 is 1.26 bits per heavy atom. The Balaban J connectivity index is 2.00. The zero-order valence-electron chi connectivity index (χ0n) is 13.7. The molecule has 1 aromatic carbocycles. The van der Waals surface area contributed by atoms with Crippen LogP contribution in [-0.4, -0.2) is 43.7 Å². The van der Waals surface area contributed by atoms with Gasteiger partial charge in [0.05, 0.1) is 13.3 Å². The maximum Gasteiger partial charge on any atom is 0.318 e. The Hall–Kier alpha value is -2.83. The van der Waals surface area contributed by atoms with Gasteiger partial charge in [-0.1, -0.05) is 17.7 Å². The fourth-order valence-corrected chi connectivity index (χ4v) is 1.85. The standard InChI is InChI=1S/C16H20N4O3/c1-11-5-7-12(8-6-11)23-10-14(21)18-13-9-17-16(22-4)19-15(13)20(2)3/h5-9H,10H2,1-4H3,(H,18,21). The van der Waals surface area contributed by atoms with Crippen LogP contribution in [0.5, 0.6) is 11.8 Å². The van der Waals surface area contributed by atoms with Gasteiger partial charge in [0.1, 0.15) is 11.4 Å². The van der Waals surface area contributed by atoms with Crippen LogP contribution < -0.4 is 19.7 Å². The number of nitrogens with one attached hydrogen (secondary N) is 1. The highest BCUT2D eigenvalue weighted by atomic mass is 16.5. The molecule has 23 heavy (non-hydrogen) atoms. The second-order valence-corrected chi connectivity index (χ2v) is 5.14. The number of amides is 1. The average Bonchev–Trinajstić information content (AvgIpc) is 2.54. The fraction of sp³-hybridized carbons (Fsp3) is 0.312. The van der Waals surface area contributed by atoms with Crippen molar-refractivity contribution in [1.82, 2.24) is 9.97 Å². The first-order valence-corrected chi connectivity index (χ1v) is 7.07. The molecule has 1 N–H and O–H groups in total. The largest absolute Gasteiger partial charge is 0.484 e. The molecule has 2 rings (SSSR count). The lowest BCUT2D eigenvalue weighted by atomic mass is 10.2. The summed E-state index contributed by atoms with van der Waals surface area (Å²) in [5.74, 6) is 0.910. The van der Waals surface area contributed by atoms with E-state index in [2.05, 4.69) is 15.3 Å². The van der Waals surface area contributed by atoms with Crippen molar-refractivity contribution < 1.29 is 14.3 Å². The zero-order chi connectivity index (χ0) is 16.8. The summed E-state index contributed by atoms with van der Waals surface area (Å²) in [7, 11) is 5.13. The SMILES string of the molecule is COc1ncc(NC(=O)COc2ccc(C)cc2)c(N(C)C)n1. The first-order chi connectivity index (χ1) is 11.0. The number of methoxy groups -OCH3 is 1. The lowest BCUT2D eigenvalue weighted by Gasteiger charge is -2.16. The van der Waals surface area contributed by atoms with Crippen LogP contribution in [0.1, 0.15) is 5.56 Å². The van der Waals surface area contributed by atoms with Crippen molar-refractivity contribution in [3.05, 3.63) is 36.0 Å². The third-order valence-electron chi connectivity index (χ3n) is 3.02. The summed E-state index contributed by atoms with van der Waals surface area (Å²) in [6, 6.07) is 7.74. The third-order valence-corrected chi connectivity index (χ3v) is 3.02. The minimum atomic E-state index is -0.289. The van der Waals surface area contributed by atoms with Crippen molar-refractivity contribution in [1.29, 1.82) is 0 Å². The highest BCUT2D eigenvalue weighted by Gasteiger charge is 2.13. The van der Waals surface area contributed by atoms with Crippen LogP contribution >= 0.6 is 0 Å². The van der Waals surface area contributed by atoms with Crippen LogP contribution in [0.25, 0.3) is 0 Å². The summed E-state index contributed by atoms with van der Waals surface area (Å²) in [5.41, 5.74) is 1.63. The Morgan fingerprint density at radius 2 is 1.96 bits per heavy atom. The molecule has 0 unspecified atom stereocenters. The molecule has 0 saturated carbocycles. The van der Waals surface area contributed by atoms with Crippen molar-refractivity contribution in [2.24, 2.45) is 0 Å². The molecule has 7 heteroatoms. The van der Waals surface area contributed by atoms with Crippen LogP contribution in [0.15, 0.2) is 30.5 Å². The van der Waals surface area contributed by atoms with Crippen molar-refractivity contribution in [2.45, 2.75) is 6.92 Å². The highest BCUT2D eigenvalue weighted by molar-refractivity contribution is 5.94. The molecule has 7 nitrogen and oxygen atoms in total. The van der Waals surface area contributed by atoms with Crippen molar-refractivity contribution in [3.8, 4) is 11.8 Å². The molecule has 122 valence electrons. The number of rotatable bonds is 6. The number of carbonyl (C=O) groups excluding carboxylic acids is 1. The van der Waals surface area contributed by atoms with E-state index in [0.717, 1.165) is 5.56 Å². The van der Waals surface area contributed by atoms with Gasteiger partial charge in [0.25, 0.3) is 5.91 Å². The second-order valence-electron chi connectivity index (χ2n) is 5.14. The fourth-order valence-electron chi connectivity index (χ4n) is 1.85. The average molecular weight is 316 g/mol. The Kier molecular flexibility index (Phi) is 5.35. The molecule has 1 aromatic heterocycles. The van der Waals surface area contributed by atoms with E-state index in [1.807, 2.05) is 45.3 Å². The number of aromatic nitrogens is 2. The van der Waals surface area contributed by atoms with Crippen LogP contribution in [0.2, 0.25) is 0 Å². The minimum absolute atomic E-state index is 0.0953. The summed E-state index contributed by atoms with van der Waals surface area (Å²) < 4.78 is 10.4. The lowest BCUT2D eigenvalue weighted by molar-refractivity contribution is -0.118. The lowest BCUT2D eigenvalue weighted by Crippen LogP contribution is -2.23. The molecular weight excluding hydrogens is 296 g/mol. The zero-order valence-corrected chi connectivity index (χ0v) is 13.7. The molecule has 2 aromatic rings. The van der Waals surface area contributed by atoms with E-state index < -0.39 is 0 Å². The molecule has 0 aliphatic heterocycles. The van der Waals surface area contributed by atoms with Crippen LogP contribution in [0.4, 0.5) is 11.5 Å². The number of aryl methyl sites for hydroxylation is 1.